The lowest BCUT2D eigenvalue weighted by molar-refractivity contribution is 0.983. The summed E-state index contributed by atoms with van der Waals surface area (Å²) in [5.74, 6) is 2.37. The van der Waals surface area contributed by atoms with Crippen LogP contribution in [-0.4, -0.2) is 21.5 Å². The minimum Gasteiger partial charge on any atom is -0.383 e. The average molecular weight is 276 g/mol. The van der Waals surface area contributed by atoms with Crippen molar-refractivity contribution in [2.75, 3.05) is 23.3 Å². The summed E-state index contributed by atoms with van der Waals surface area (Å²) in [4.78, 5) is 12.5. The Labute approximate surface area is 116 Å². The lowest BCUT2D eigenvalue weighted by atomic mass is 10.3. The molecule has 0 aromatic carbocycles. The molecule has 0 unspecified atom stereocenters. The van der Waals surface area contributed by atoms with Gasteiger partial charge >= 0.3 is 0 Å². The molecular formula is C12H16N6S. The monoisotopic (exact) mass is 276 g/mol. The SMILES string of the molecule is CCNc1ccc(CSc2nc(N)cc(N)n2)cn1. The van der Waals surface area contributed by atoms with E-state index in [1.807, 2.05) is 25.3 Å². The van der Waals surface area contributed by atoms with Gasteiger partial charge in [-0.2, -0.15) is 0 Å². The third-order valence-electron chi connectivity index (χ3n) is 2.30. The van der Waals surface area contributed by atoms with Crippen molar-refractivity contribution in [2.24, 2.45) is 0 Å². The van der Waals surface area contributed by atoms with Gasteiger partial charge in [0, 0.05) is 24.6 Å². The minimum atomic E-state index is 0.385. The molecule has 0 amide bonds. The molecule has 5 N–H and O–H groups in total. The maximum atomic E-state index is 5.62. The summed E-state index contributed by atoms with van der Waals surface area (Å²) in [5.41, 5.74) is 12.3. The molecule has 0 fully saturated rings. The van der Waals surface area contributed by atoms with Gasteiger partial charge < -0.3 is 16.8 Å². The molecule has 0 aliphatic carbocycles. The topological polar surface area (TPSA) is 103 Å². The molecule has 0 saturated heterocycles. The van der Waals surface area contributed by atoms with Crippen LogP contribution in [0.4, 0.5) is 17.5 Å². The highest BCUT2D eigenvalue weighted by Crippen LogP contribution is 2.21. The second kappa shape index (κ2) is 6.24. The molecule has 0 spiro atoms. The smallest absolute Gasteiger partial charge is 0.191 e. The van der Waals surface area contributed by atoms with E-state index in [0.717, 1.165) is 23.7 Å². The van der Waals surface area contributed by atoms with E-state index in [2.05, 4.69) is 20.3 Å². The van der Waals surface area contributed by atoms with Crippen LogP contribution < -0.4 is 16.8 Å². The first-order valence-corrected chi connectivity index (χ1v) is 6.87. The standard InChI is InChI=1S/C12H16N6S/c1-2-15-11-4-3-8(6-16-11)7-19-12-17-9(13)5-10(14)18-12/h3-6H,2,7H2,1H3,(H,15,16)(H4,13,14,17,18). The molecule has 0 saturated carbocycles. The second-order valence-electron chi connectivity index (χ2n) is 3.87. The third kappa shape index (κ3) is 3.99. The Morgan fingerprint density at radius 2 is 1.95 bits per heavy atom. The number of nitrogens with one attached hydrogen (secondary N) is 1. The van der Waals surface area contributed by atoms with Crippen molar-refractivity contribution in [1.29, 1.82) is 0 Å². The van der Waals surface area contributed by atoms with Crippen molar-refractivity contribution >= 4 is 29.2 Å². The van der Waals surface area contributed by atoms with E-state index in [0.29, 0.717) is 16.8 Å². The molecule has 2 rings (SSSR count). The molecule has 6 nitrogen and oxygen atoms in total. The zero-order valence-electron chi connectivity index (χ0n) is 10.6. The molecular weight excluding hydrogens is 260 g/mol. The Morgan fingerprint density at radius 1 is 1.21 bits per heavy atom. The molecule has 100 valence electrons. The Hall–Kier alpha value is -2.02. The number of rotatable bonds is 5. The number of nitrogens with zero attached hydrogens (tertiary/aromatic N) is 3. The van der Waals surface area contributed by atoms with Crippen LogP contribution >= 0.6 is 11.8 Å². The average Bonchev–Trinajstić information content (AvgIpc) is 2.37. The van der Waals surface area contributed by atoms with E-state index in [-0.39, 0.29) is 0 Å². The van der Waals surface area contributed by atoms with E-state index >= 15 is 0 Å². The molecule has 2 aromatic rings. The minimum absolute atomic E-state index is 0.385. The molecule has 0 radical (unpaired) electrons. The van der Waals surface area contributed by atoms with Gasteiger partial charge in [0.05, 0.1) is 0 Å². The Balaban J connectivity index is 1.98. The first-order chi connectivity index (χ1) is 9.17. The predicted molar refractivity (Wildman–Crippen MR) is 78.8 cm³/mol. The fourth-order valence-electron chi connectivity index (χ4n) is 1.47. The van der Waals surface area contributed by atoms with Crippen molar-refractivity contribution in [3.63, 3.8) is 0 Å². The van der Waals surface area contributed by atoms with Gasteiger partial charge in [-0.1, -0.05) is 17.8 Å². The van der Waals surface area contributed by atoms with Crippen molar-refractivity contribution < 1.29 is 0 Å². The van der Waals surface area contributed by atoms with E-state index in [1.165, 1.54) is 17.8 Å². The summed E-state index contributed by atoms with van der Waals surface area (Å²) in [6, 6.07) is 5.51. The van der Waals surface area contributed by atoms with E-state index in [1.54, 1.807) is 0 Å². The number of pyridine rings is 1. The van der Waals surface area contributed by atoms with Crippen molar-refractivity contribution in [1.82, 2.24) is 15.0 Å². The van der Waals surface area contributed by atoms with Crippen LogP contribution in [0, 0.1) is 0 Å². The van der Waals surface area contributed by atoms with E-state index in [9.17, 15) is 0 Å². The number of aromatic nitrogens is 3. The maximum absolute atomic E-state index is 5.62. The first-order valence-electron chi connectivity index (χ1n) is 5.89. The van der Waals surface area contributed by atoms with Gasteiger partial charge in [-0.05, 0) is 18.6 Å². The molecule has 0 bridgehead atoms. The largest absolute Gasteiger partial charge is 0.383 e. The second-order valence-corrected chi connectivity index (χ2v) is 4.81. The van der Waals surface area contributed by atoms with Crippen molar-refractivity contribution in [2.45, 2.75) is 17.8 Å². The number of hydrogen-bond acceptors (Lipinski definition) is 7. The van der Waals surface area contributed by atoms with Gasteiger partial charge in [0.2, 0.25) is 0 Å². The van der Waals surface area contributed by atoms with Crippen LogP contribution in [0.2, 0.25) is 0 Å². The maximum Gasteiger partial charge on any atom is 0.191 e. The van der Waals surface area contributed by atoms with Gasteiger partial charge in [-0.3, -0.25) is 0 Å². The van der Waals surface area contributed by atoms with Crippen molar-refractivity contribution in [3.8, 4) is 0 Å². The number of anilines is 3. The molecule has 0 aliphatic heterocycles. The highest BCUT2D eigenvalue weighted by molar-refractivity contribution is 7.98. The quantitative estimate of drug-likeness (QED) is 0.564. The number of hydrogen-bond donors (Lipinski definition) is 3. The fraction of sp³-hybridized carbons (Fsp3) is 0.250. The Bertz CT molecular complexity index is 522. The lowest BCUT2D eigenvalue weighted by Gasteiger charge is -2.04. The van der Waals surface area contributed by atoms with Gasteiger partial charge in [-0.25, -0.2) is 15.0 Å². The zero-order chi connectivity index (χ0) is 13.7. The molecule has 0 aliphatic rings. The summed E-state index contributed by atoms with van der Waals surface area (Å²) in [5, 5.41) is 3.72. The van der Waals surface area contributed by atoms with Gasteiger partial charge in [-0.15, -0.1) is 0 Å². The third-order valence-corrected chi connectivity index (χ3v) is 3.21. The van der Waals surface area contributed by atoms with Crippen LogP contribution in [-0.2, 0) is 5.75 Å². The van der Waals surface area contributed by atoms with Crippen molar-refractivity contribution in [3.05, 3.63) is 30.0 Å². The van der Waals surface area contributed by atoms with Crippen LogP contribution in [0.5, 0.6) is 0 Å². The summed E-state index contributed by atoms with van der Waals surface area (Å²) < 4.78 is 0. The first kappa shape index (κ1) is 13.4. The summed E-state index contributed by atoms with van der Waals surface area (Å²) in [6.45, 7) is 2.89. The Kier molecular flexibility index (Phi) is 4.40. The highest BCUT2D eigenvalue weighted by atomic mass is 32.2. The molecule has 2 aromatic heterocycles. The Morgan fingerprint density at radius 3 is 2.53 bits per heavy atom. The molecule has 0 atom stereocenters. The lowest BCUT2D eigenvalue weighted by Crippen LogP contribution is -2.00. The van der Waals surface area contributed by atoms with Crippen LogP contribution in [0.3, 0.4) is 0 Å². The molecule has 19 heavy (non-hydrogen) atoms. The number of nitrogens with two attached hydrogens (primary N) is 2. The number of thioether (sulfide) groups is 1. The summed E-state index contributed by atoms with van der Waals surface area (Å²) in [7, 11) is 0. The fourth-order valence-corrected chi connectivity index (χ4v) is 2.28. The summed E-state index contributed by atoms with van der Waals surface area (Å²) in [6.07, 6.45) is 1.83. The van der Waals surface area contributed by atoms with Crippen LogP contribution in [0.15, 0.2) is 29.6 Å². The zero-order valence-corrected chi connectivity index (χ0v) is 11.4. The van der Waals surface area contributed by atoms with Crippen LogP contribution in [0.25, 0.3) is 0 Å². The van der Waals surface area contributed by atoms with E-state index < -0.39 is 0 Å². The molecule has 7 heteroatoms. The highest BCUT2D eigenvalue weighted by Gasteiger charge is 2.03. The number of nitrogen functional groups attached to an aromatic ring is 2. The van der Waals surface area contributed by atoms with Crippen LogP contribution in [0.1, 0.15) is 12.5 Å². The van der Waals surface area contributed by atoms with Gasteiger partial charge in [0.25, 0.3) is 0 Å². The normalized spacial score (nSPS) is 10.4. The van der Waals surface area contributed by atoms with E-state index in [4.69, 9.17) is 11.5 Å². The van der Waals surface area contributed by atoms with Gasteiger partial charge in [0.1, 0.15) is 17.5 Å². The predicted octanol–water partition coefficient (Wildman–Crippen LogP) is 1.76. The molecule has 2 heterocycles. The van der Waals surface area contributed by atoms with Gasteiger partial charge in [0.15, 0.2) is 5.16 Å². The summed E-state index contributed by atoms with van der Waals surface area (Å²) >= 11 is 1.48.